The second-order valence-corrected chi connectivity index (χ2v) is 5.30. The summed E-state index contributed by atoms with van der Waals surface area (Å²) < 4.78 is 0. The zero-order valence-corrected chi connectivity index (χ0v) is 12.3. The van der Waals surface area contributed by atoms with Crippen LogP contribution in [0.3, 0.4) is 0 Å². The van der Waals surface area contributed by atoms with Crippen LogP contribution in [0.15, 0.2) is 72.9 Å². The van der Waals surface area contributed by atoms with E-state index in [1.54, 1.807) is 0 Å². The van der Waals surface area contributed by atoms with Gasteiger partial charge in [-0.05, 0) is 48.6 Å². The molecule has 1 aromatic heterocycles. The summed E-state index contributed by atoms with van der Waals surface area (Å²) in [4.78, 5) is 4.51. The molecule has 3 aromatic rings. The number of rotatable bonds is 4. The van der Waals surface area contributed by atoms with E-state index in [9.17, 15) is 0 Å². The van der Waals surface area contributed by atoms with Gasteiger partial charge in [0, 0.05) is 11.8 Å². The minimum atomic E-state index is 1.04. The van der Waals surface area contributed by atoms with Crippen molar-refractivity contribution >= 4 is 0 Å². The van der Waals surface area contributed by atoms with E-state index in [2.05, 4.69) is 66.5 Å². The lowest BCUT2D eigenvalue weighted by molar-refractivity contribution is 0.950. The molecule has 104 valence electrons. The summed E-state index contributed by atoms with van der Waals surface area (Å²) in [6.07, 6.45) is 3.97. The van der Waals surface area contributed by atoms with Crippen LogP contribution in [0.5, 0.6) is 0 Å². The molecule has 1 nitrogen and oxygen atoms in total. The third-order valence-electron chi connectivity index (χ3n) is 3.86. The summed E-state index contributed by atoms with van der Waals surface area (Å²) in [6.45, 7) is 2.19. The van der Waals surface area contributed by atoms with Gasteiger partial charge in [0.2, 0.25) is 0 Å². The van der Waals surface area contributed by atoms with Crippen molar-refractivity contribution < 1.29 is 0 Å². The second kappa shape index (κ2) is 6.36. The molecule has 3 rings (SSSR count). The van der Waals surface area contributed by atoms with Crippen LogP contribution in [0.25, 0.3) is 11.3 Å². The van der Waals surface area contributed by atoms with Crippen molar-refractivity contribution in [2.24, 2.45) is 0 Å². The normalized spacial score (nSPS) is 10.5. The van der Waals surface area contributed by atoms with Gasteiger partial charge in [-0.3, -0.25) is 4.98 Å². The highest BCUT2D eigenvalue weighted by atomic mass is 14.7. The van der Waals surface area contributed by atoms with Gasteiger partial charge < -0.3 is 0 Å². The fraction of sp³-hybridized carbons (Fsp3) is 0.150. The van der Waals surface area contributed by atoms with Crippen molar-refractivity contribution in [1.29, 1.82) is 0 Å². The minimum absolute atomic E-state index is 1.04. The molecule has 0 amide bonds. The van der Waals surface area contributed by atoms with Gasteiger partial charge in [0.05, 0.1) is 5.69 Å². The molecule has 0 saturated carbocycles. The summed E-state index contributed by atoms with van der Waals surface area (Å²) in [5.41, 5.74) is 6.44. The van der Waals surface area contributed by atoms with Crippen LogP contribution in [0.1, 0.15) is 16.7 Å². The lowest BCUT2D eigenvalue weighted by atomic mass is 9.94. The molecule has 0 aliphatic rings. The number of aryl methyl sites for hydroxylation is 2. The Bertz CT molecular complexity index is 702. The van der Waals surface area contributed by atoms with Gasteiger partial charge in [0.25, 0.3) is 0 Å². The van der Waals surface area contributed by atoms with Gasteiger partial charge in [-0.2, -0.15) is 0 Å². The van der Waals surface area contributed by atoms with Gasteiger partial charge >= 0.3 is 0 Å². The van der Waals surface area contributed by atoms with Crippen molar-refractivity contribution in [2.75, 3.05) is 0 Å². The first-order valence-corrected chi connectivity index (χ1v) is 7.38. The van der Waals surface area contributed by atoms with Crippen molar-refractivity contribution in [1.82, 2.24) is 4.98 Å². The Morgan fingerprint density at radius 2 is 1.57 bits per heavy atom. The van der Waals surface area contributed by atoms with E-state index in [0.29, 0.717) is 0 Å². The van der Waals surface area contributed by atoms with Gasteiger partial charge in [0.1, 0.15) is 0 Å². The number of nitrogens with zero attached hydrogens (tertiary/aromatic N) is 1. The van der Waals surface area contributed by atoms with E-state index in [4.69, 9.17) is 0 Å². The first kappa shape index (κ1) is 13.6. The molecule has 0 atom stereocenters. The number of aromatic nitrogens is 1. The quantitative estimate of drug-likeness (QED) is 0.662. The summed E-state index contributed by atoms with van der Waals surface area (Å²) >= 11 is 0. The molecular weight excluding hydrogens is 254 g/mol. The number of hydrogen-bond acceptors (Lipinski definition) is 1. The third kappa shape index (κ3) is 3.19. The molecular formula is C20H19N. The Labute approximate surface area is 126 Å². The van der Waals surface area contributed by atoms with Crippen molar-refractivity contribution in [3.8, 4) is 11.3 Å². The highest BCUT2D eigenvalue weighted by Gasteiger charge is 2.08. The molecule has 0 unspecified atom stereocenters. The maximum Gasteiger partial charge on any atom is 0.0704 e. The Hall–Kier alpha value is -2.41. The van der Waals surface area contributed by atoms with E-state index < -0.39 is 0 Å². The summed E-state index contributed by atoms with van der Waals surface area (Å²) in [6, 6.07) is 23.2. The summed E-state index contributed by atoms with van der Waals surface area (Å²) in [5.74, 6) is 0. The Kier molecular flexibility index (Phi) is 4.11. The van der Waals surface area contributed by atoms with Crippen LogP contribution < -0.4 is 0 Å². The number of pyridine rings is 1. The molecule has 1 heteroatoms. The smallest absolute Gasteiger partial charge is 0.0704 e. The highest BCUT2D eigenvalue weighted by Crippen LogP contribution is 2.25. The monoisotopic (exact) mass is 273 g/mol. The lowest BCUT2D eigenvalue weighted by Gasteiger charge is -2.12. The topological polar surface area (TPSA) is 12.9 Å². The molecule has 0 bridgehead atoms. The van der Waals surface area contributed by atoms with E-state index in [0.717, 1.165) is 18.5 Å². The number of hydrogen-bond donors (Lipinski definition) is 0. The van der Waals surface area contributed by atoms with Crippen LogP contribution in [0.2, 0.25) is 0 Å². The molecule has 0 aliphatic heterocycles. The predicted molar refractivity (Wildman–Crippen MR) is 88.3 cm³/mol. The van der Waals surface area contributed by atoms with Crippen molar-refractivity contribution in [3.63, 3.8) is 0 Å². The molecule has 0 radical (unpaired) electrons. The fourth-order valence-electron chi connectivity index (χ4n) is 2.71. The Balaban J connectivity index is 1.91. The highest BCUT2D eigenvalue weighted by molar-refractivity contribution is 5.65. The molecule has 0 saturated heterocycles. The number of benzene rings is 2. The van der Waals surface area contributed by atoms with Crippen molar-refractivity contribution in [3.05, 3.63) is 89.6 Å². The zero-order valence-electron chi connectivity index (χ0n) is 12.3. The molecule has 0 N–H and O–H groups in total. The average molecular weight is 273 g/mol. The van der Waals surface area contributed by atoms with Gasteiger partial charge in [-0.15, -0.1) is 0 Å². The van der Waals surface area contributed by atoms with Crippen LogP contribution in [0, 0.1) is 6.92 Å². The minimum Gasteiger partial charge on any atom is -0.256 e. The van der Waals surface area contributed by atoms with E-state index in [-0.39, 0.29) is 0 Å². The molecule has 0 aliphatic carbocycles. The Morgan fingerprint density at radius 3 is 2.33 bits per heavy atom. The molecule has 2 aromatic carbocycles. The first-order valence-electron chi connectivity index (χ1n) is 7.38. The lowest BCUT2D eigenvalue weighted by Crippen LogP contribution is -1.98. The third-order valence-corrected chi connectivity index (χ3v) is 3.86. The van der Waals surface area contributed by atoms with Gasteiger partial charge in [-0.1, -0.05) is 54.6 Å². The Morgan fingerprint density at radius 1 is 0.762 bits per heavy atom. The van der Waals surface area contributed by atoms with Crippen LogP contribution in [-0.2, 0) is 12.8 Å². The standard InChI is InChI=1S/C20H19N/c1-16-8-7-11-19(20-12-5-6-15-21-20)18(16)14-13-17-9-3-2-4-10-17/h2-12,15H,13-14H2,1H3. The van der Waals surface area contributed by atoms with E-state index in [1.807, 2.05) is 18.3 Å². The SMILES string of the molecule is Cc1cccc(-c2ccccn2)c1CCc1ccccc1. The van der Waals surface area contributed by atoms with E-state index >= 15 is 0 Å². The second-order valence-electron chi connectivity index (χ2n) is 5.30. The molecule has 21 heavy (non-hydrogen) atoms. The molecule has 1 heterocycles. The average Bonchev–Trinajstić information content (AvgIpc) is 2.55. The zero-order chi connectivity index (χ0) is 14.5. The van der Waals surface area contributed by atoms with Gasteiger partial charge in [0.15, 0.2) is 0 Å². The molecule has 0 fully saturated rings. The van der Waals surface area contributed by atoms with Crippen molar-refractivity contribution in [2.45, 2.75) is 19.8 Å². The summed E-state index contributed by atoms with van der Waals surface area (Å²) in [5, 5.41) is 0. The van der Waals surface area contributed by atoms with Crippen LogP contribution in [-0.4, -0.2) is 4.98 Å². The maximum absolute atomic E-state index is 4.51. The fourth-order valence-corrected chi connectivity index (χ4v) is 2.71. The molecule has 0 spiro atoms. The maximum atomic E-state index is 4.51. The predicted octanol–water partition coefficient (Wildman–Crippen LogP) is 4.84. The largest absolute Gasteiger partial charge is 0.256 e. The van der Waals surface area contributed by atoms with E-state index in [1.165, 1.54) is 22.3 Å². The summed E-state index contributed by atoms with van der Waals surface area (Å²) in [7, 11) is 0. The van der Waals surface area contributed by atoms with Crippen LogP contribution >= 0.6 is 0 Å². The first-order chi connectivity index (χ1) is 10.3. The van der Waals surface area contributed by atoms with Gasteiger partial charge in [-0.25, -0.2) is 0 Å². The van der Waals surface area contributed by atoms with Crippen LogP contribution in [0.4, 0.5) is 0 Å².